The second-order valence-corrected chi connectivity index (χ2v) is 8.49. The average Bonchev–Trinajstić information content (AvgIpc) is 2.41. The molecule has 1 N–H and O–H groups in total. The zero-order valence-electron chi connectivity index (χ0n) is 13.0. The summed E-state index contributed by atoms with van der Waals surface area (Å²) in [7, 11) is -3.18. The van der Waals surface area contributed by atoms with Crippen LogP contribution in [0.15, 0.2) is 0 Å². The first-order valence-electron chi connectivity index (χ1n) is 8.22. The van der Waals surface area contributed by atoms with E-state index in [2.05, 4.69) is 5.32 Å². The maximum Gasteiger partial charge on any atom is 0.224 e. The normalized spacial score (nSPS) is 26.8. The Labute approximate surface area is 128 Å². The molecule has 0 radical (unpaired) electrons. The van der Waals surface area contributed by atoms with E-state index in [-0.39, 0.29) is 17.9 Å². The molecule has 1 atom stereocenters. The molecule has 1 heterocycles. The maximum atomic E-state index is 12.4. The fraction of sp³-hybridized carbons (Fsp3) is 0.933. The Bertz CT molecular complexity index is 442. The van der Waals surface area contributed by atoms with Crippen LogP contribution >= 0.6 is 0 Å². The monoisotopic (exact) mass is 316 g/mol. The van der Waals surface area contributed by atoms with Crippen LogP contribution in [-0.2, 0) is 14.8 Å². The average molecular weight is 316 g/mol. The molecule has 2 fully saturated rings. The standard InChI is InChI=1S/C15H28N2O3S/c1-21(19,20)17-11-7-8-13(12-17)15(18)16-14-9-5-3-2-4-6-10-14/h13-14H,2-12H2,1H3,(H,16,18)/t13-/m1/s1. The molecule has 1 aliphatic carbocycles. The van der Waals surface area contributed by atoms with Crippen molar-refractivity contribution in [2.45, 2.75) is 63.8 Å². The highest BCUT2D eigenvalue weighted by atomic mass is 32.2. The Balaban J connectivity index is 1.87. The van der Waals surface area contributed by atoms with Crippen LogP contribution in [0.25, 0.3) is 0 Å². The number of nitrogens with zero attached hydrogens (tertiary/aromatic N) is 1. The van der Waals surface area contributed by atoms with Gasteiger partial charge in [0.25, 0.3) is 0 Å². The first-order chi connectivity index (χ1) is 9.97. The fourth-order valence-electron chi connectivity index (χ4n) is 3.38. The smallest absolute Gasteiger partial charge is 0.224 e. The molecule has 0 aromatic carbocycles. The van der Waals surface area contributed by atoms with Gasteiger partial charge in [-0.2, -0.15) is 0 Å². The van der Waals surface area contributed by atoms with Crippen molar-refractivity contribution in [3.05, 3.63) is 0 Å². The van der Waals surface area contributed by atoms with Gasteiger partial charge in [0.1, 0.15) is 0 Å². The van der Waals surface area contributed by atoms with E-state index in [1.54, 1.807) is 0 Å². The van der Waals surface area contributed by atoms with Gasteiger partial charge in [-0.05, 0) is 25.7 Å². The fourth-order valence-corrected chi connectivity index (χ4v) is 4.29. The Kier molecular flexibility index (Phi) is 6.05. The van der Waals surface area contributed by atoms with Gasteiger partial charge in [-0.3, -0.25) is 4.79 Å². The van der Waals surface area contributed by atoms with Gasteiger partial charge in [0.15, 0.2) is 0 Å². The van der Waals surface area contributed by atoms with Crippen LogP contribution in [0.5, 0.6) is 0 Å². The van der Waals surface area contributed by atoms with Crippen LogP contribution in [-0.4, -0.2) is 44.0 Å². The molecule has 2 aliphatic rings. The zero-order valence-corrected chi connectivity index (χ0v) is 13.8. The first kappa shape index (κ1) is 16.7. The summed E-state index contributed by atoms with van der Waals surface area (Å²) in [5, 5.41) is 3.17. The number of hydrogen-bond donors (Lipinski definition) is 1. The highest BCUT2D eigenvalue weighted by molar-refractivity contribution is 7.88. The zero-order chi connectivity index (χ0) is 15.3. The van der Waals surface area contributed by atoms with Gasteiger partial charge in [-0.25, -0.2) is 12.7 Å². The molecule has 122 valence electrons. The lowest BCUT2D eigenvalue weighted by molar-refractivity contribution is -0.126. The summed E-state index contributed by atoms with van der Waals surface area (Å²) in [4.78, 5) is 12.4. The largest absolute Gasteiger partial charge is 0.353 e. The molecule has 5 nitrogen and oxygen atoms in total. The highest BCUT2D eigenvalue weighted by Gasteiger charge is 2.30. The van der Waals surface area contributed by atoms with Crippen LogP contribution in [0.2, 0.25) is 0 Å². The molecule has 1 saturated heterocycles. The summed E-state index contributed by atoms with van der Waals surface area (Å²) in [6, 6.07) is 0.284. The van der Waals surface area contributed by atoms with Crippen molar-refractivity contribution in [2.75, 3.05) is 19.3 Å². The van der Waals surface area contributed by atoms with Crippen molar-refractivity contribution in [3.8, 4) is 0 Å². The van der Waals surface area contributed by atoms with Crippen LogP contribution in [0.1, 0.15) is 57.8 Å². The van der Waals surface area contributed by atoms with Crippen molar-refractivity contribution < 1.29 is 13.2 Å². The number of rotatable bonds is 3. The van der Waals surface area contributed by atoms with Gasteiger partial charge in [0.05, 0.1) is 12.2 Å². The molecule has 0 aromatic rings. The molecule has 1 aliphatic heterocycles. The van der Waals surface area contributed by atoms with E-state index >= 15 is 0 Å². The van der Waals surface area contributed by atoms with Crippen molar-refractivity contribution in [3.63, 3.8) is 0 Å². The number of hydrogen-bond acceptors (Lipinski definition) is 3. The molecule has 2 rings (SSSR count). The van der Waals surface area contributed by atoms with E-state index in [0.29, 0.717) is 13.1 Å². The number of carbonyl (C=O) groups is 1. The van der Waals surface area contributed by atoms with Gasteiger partial charge in [0.2, 0.25) is 15.9 Å². The Morgan fingerprint density at radius 2 is 1.62 bits per heavy atom. The summed E-state index contributed by atoms with van der Waals surface area (Å²) in [6.45, 7) is 0.892. The third-order valence-corrected chi connectivity index (χ3v) is 5.95. The summed E-state index contributed by atoms with van der Waals surface area (Å²) in [5.74, 6) is -0.132. The van der Waals surface area contributed by atoms with Crippen LogP contribution in [0.3, 0.4) is 0 Å². The Morgan fingerprint density at radius 1 is 1.00 bits per heavy atom. The number of piperidine rings is 1. The summed E-state index contributed by atoms with van der Waals surface area (Å²) in [5.41, 5.74) is 0. The van der Waals surface area contributed by atoms with E-state index in [1.807, 2.05) is 0 Å². The molecular weight excluding hydrogens is 288 g/mol. The molecular formula is C15H28N2O3S. The highest BCUT2D eigenvalue weighted by Crippen LogP contribution is 2.21. The van der Waals surface area contributed by atoms with E-state index in [4.69, 9.17) is 0 Å². The lowest BCUT2D eigenvalue weighted by Crippen LogP contribution is -2.47. The van der Waals surface area contributed by atoms with Crippen molar-refractivity contribution in [1.29, 1.82) is 0 Å². The minimum atomic E-state index is -3.18. The van der Waals surface area contributed by atoms with Gasteiger partial charge in [-0.1, -0.05) is 32.1 Å². The Morgan fingerprint density at radius 3 is 2.24 bits per heavy atom. The van der Waals surface area contributed by atoms with Crippen LogP contribution in [0, 0.1) is 5.92 Å². The van der Waals surface area contributed by atoms with Gasteiger partial charge >= 0.3 is 0 Å². The van der Waals surface area contributed by atoms with Crippen LogP contribution < -0.4 is 5.32 Å². The summed E-state index contributed by atoms with van der Waals surface area (Å²) in [6.07, 6.45) is 11.1. The van der Waals surface area contributed by atoms with Crippen molar-refractivity contribution in [1.82, 2.24) is 9.62 Å². The number of carbonyl (C=O) groups excluding carboxylic acids is 1. The van der Waals surface area contributed by atoms with E-state index in [0.717, 1.165) is 25.7 Å². The van der Waals surface area contributed by atoms with Gasteiger partial charge < -0.3 is 5.32 Å². The predicted molar refractivity (Wildman–Crippen MR) is 83.4 cm³/mol. The van der Waals surface area contributed by atoms with E-state index in [9.17, 15) is 13.2 Å². The predicted octanol–water partition coefficient (Wildman–Crippen LogP) is 1.89. The van der Waals surface area contributed by atoms with Crippen molar-refractivity contribution in [2.24, 2.45) is 5.92 Å². The molecule has 0 aromatic heterocycles. The second kappa shape index (κ2) is 7.58. The minimum Gasteiger partial charge on any atom is -0.353 e. The SMILES string of the molecule is CS(=O)(=O)N1CCC[C@@H](C(=O)NC2CCCCCCC2)C1. The van der Waals surface area contributed by atoms with Crippen molar-refractivity contribution >= 4 is 15.9 Å². The third-order valence-electron chi connectivity index (χ3n) is 4.68. The topological polar surface area (TPSA) is 66.5 Å². The quantitative estimate of drug-likeness (QED) is 0.864. The molecule has 0 spiro atoms. The number of sulfonamides is 1. The van der Waals surface area contributed by atoms with Crippen LogP contribution in [0.4, 0.5) is 0 Å². The molecule has 0 unspecified atom stereocenters. The third kappa shape index (κ3) is 5.25. The van der Waals surface area contributed by atoms with Gasteiger partial charge in [-0.15, -0.1) is 0 Å². The van der Waals surface area contributed by atoms with E-state index < -0.39 is 10.0 Å². The molecule has 0 bridgehead atoms. The summed E-state index contributed by atoms with van der Waals surface area (Å²) >= 11 is 0. The molecule has 1 amide bonds. The number of nitrogens with one attached hydrogen (secondary N) is 1. The molecule has 6 heteroatoms. The lowest BCUT2D eigenvalue weighted by atomic mass is 9.94. The minimum absolute atomic E-state index is 0.0499. The maximum absolute atomic E-state index is 12.4. The Hall–Kier alpha value is -0.620. The first-order valence-corrected chi connectivity index (χ1v) is 10.1. The summed E-state index contributed by atoms with van der Waals surface area (Å²) < 4.78 is 24.7. The van der Waals surface area contributed by atoms with E-state index in [1.165, 1.54) is 42.7 Å². The second-order valence-electron chi connectivity index (χ2n) is 6.51. The number of amides is 1. The lowest BCUT2D eigenvalue weighted by Gasteiger charge is -2.31. The van der Waals surface area contributed by atoms with Gasteiger partial charge in [0, 0.05) is 19.1 Å². The molecule has 21 heavy (non-hydrogen) atoms. The molecule has 1 saturated carbocycles.